The summed E-state index contributed by atoms with van der Waals surface area (Å²) in [6, 6.07) is 20.1. The van der Waals surface area contributed by atoms with Gasteiger partial charge in [0.05, 0.1) is 16.9 Å². The molecule has 0 spiro atoms. The fourth-order valence-corrected chi connectivity index (χ4v) is 5.77. The highest BCUT2D eigenvalue weighted by molar-refractivity contribution is 6.33. The summed E-state index contributed by atoms with van der Waals surface area (Å²) in [5.41, 5.74) is 1.54. The van der Waals surface area contributed by atoms with Crippen LogP contribution in [0.1, 0.15) is 61.3 Å². The third-order valence-electron chi connectivity index (χ3n) is 7.65. The van der Waals surface area contributed by atoms with Crippen molar-refractivity contribution in [1.29, 1.82) is 0 Å². The van der Waals surface area contributed by atoms with Crippen molar-refractivity contribution in [2.24, 2.45) is 0 Å². The monoisotopic (exact) mass is 631 g/mol. The molecule has 1 aliphatic heterocycles. The first-order valence-electron chi connectivity index (χ1n) is 14.4. The van der Waals surface area contributed by atoms with Gasteiger partial charge in [0.1, 0.15) is 0 Å². The molecule has 5 rings (SSSR count). The maximum atomic E-state index is 14.6. The molecule has 1 fully saturated rings. The number of anilines is 5. The molecule has 5 N–H and O–H groups in total. The van der Waals surface area contributed by atoms with E-state index in [9.17, 15) is 19.2 Å². The summed E-state index contributed by atoms with van der Waals surface area (Å²) in [6.45, 7) is 7.80. The van der Waals surface area contributed by atoms with Crippen molar-refractivity contribution >= 4 is 52.2 Å². The molecule has 0 atom stereocenters. The average molecular weight is 632 g/mol. The van der Waals surface area contributed by atoms with Gasteiger partial charge >= 0.3 is 0 Å². The van der Waals surface area contributed by atoms with Crippen LogP contribution in [-0.2, 0) is 0 Å². The quantitative estimate of drug-likeness (QED) is 0.139. The molecule has 0 saturated carbocycles. The Hall–Kier alpha value is -4.58. The lowest BCUT2D eigenvalue weighted by molar-refractivity contribution is -0.245. The second kappa shape index (κ2) is 12.8. The van der Waals surface area contributed by atoms with Crippen molar-refractivity contribution in [2.45, 2.75) is 57.7 Å². The van der Waals surface area contributed by atoms with Crippen molar-refractivity contribution in [3.63, 3.8) is 0 Å². The highest BCUT2D eigenvalue weighted by Crippen LogP contribution is 2.36. The van der Waals surface area contributed by atoms with Crippen molar-refractivity contribution < 1.29 is 19.2 Å². The minimum Gasteiger partial charge on any atom is -0.349 e. The van der Waals surface area contributed by atoms with Gasteiger partial charge < -0.3 is 26.5 Å². The number of hydrogen-bond acceptors (Lipinski definition) is 8. The molecule has 2 amide bonds. The summed E-state index contributed by atoms with van der Waals surface area (Å²) in [6.07, 6.45) is 2.27. The summed E-state index contributed by atoms with van der Waals surface area (Å²) in [4.78, 5) is 33.9. The topological polar surface area (TPSA) is 132 Å². The molecule has 0 unspecified atom stereocenters. The number of hydroxylamine groups is 2. The molecular weight excluding hydrogens is 597 g/mol. The molecule has 234 valence electrons. The zero-order chi connectivity index (χ0) is 32.4. The van der Waals surface area contributed by atoms with Crippen LogP contribution in [0.2, 0.25) is 5.02 Å². The Morgan fingerprint density at radius 1 is 0.867 bits per heavy atom. The van der Waals surface area contributed by atoms with Gasteiger partial charge in [-0.25, -0.2) is 9.37 Å². The van der Waals surface area contributed by atoms with Crippen LogP contribution in [0.5, 0.6) is 0 Å². The van der Waals surface area contributed by atoms with Crippen LogP contribution in [0.25, 0.3) is 0 Å². The first-order valence-corrected chi connectivity index (χ1v) is 14.8. The number of amides is 2. The largest absolute Gasteiger partial charge is 0.349 e. The van der Waals surface area contributed by atoms with E-state index in [1.54, 1.807) is 72.8 Å². The number of para-hydroxylation sites is 1. The number of halogens is 2. The molecular formula is C33H35ClFN7O3. The number of aromatic nitrogens is 2. The number of rotatable bonds is 8. The third kappa shape index (κ3) is 7.56. The molecule has 12 heteroatoms. The van der Waals surface area contributed by atoms with Gasteiger partial charge in [-0.15, -0.1) is 0 Å². The number of hydrogen-bond donors (Lipinski definition) is 5. The van der Waals surface area contributed by atoms with E-state index in [0.29, 0.717) is 46.1 Å². The number of carbonyl (C=O) groups excluding carboxylic acids is 2. The summed E-state index contributed by atoms with van der Waals surface area (Å²) >= 11 is 6.12. The van der Waals surface area contributed by atoms with Gasteiger partial charge in [-0.2, -0.15) is 10.0 Å². The van der Waals surface area contributed by atoms with E-state index in [0.717, 1.165) is 6.20 Å². The predicted molar refractivity (Wildman–Crippen MR) is 173 cm³/mol. The van der Waals surface area contributed by atoms with Crippen LogP contribution in [0, 0.1) is 5.82 Å². The maximum Gasteiger partial charge on any atom is 0.255 e. The highest BCUT2D eigenvalue weighted by atomic mass is 35.5. The first-order chi connectivity index (χ1) is 21.3. The Balaban J connectivity index is 1.19. The predicted octanol–water partition coefficient (Wildman–Crippen LogP) is 7.15. The summed E-state index contributed by atoms with van der Waals surface area (Å²) in [5.74, 6) is -1.12. The van der Waals surface area contributed by atoms with Crippen LogP contribution in [0.4, 0.5) is 33.2 Å². The lowest BCUT2D eigenvalue weighted by Crippen LogP contribution is -2.62. The molecule has 0 bridgehead atoms. The van der Waals surface area contributed by atoms with Crippen LogP contribution in [0.3, 0.4) is 0 Å². The second-order valence-corrected chi connectivity index (χ2v) is 12.7. The van der Waals surface area contributed by atoms with Crippen molar-refractivity contribution in [1.82, 2.24) is 20.3 Å². The number of nitrogens with one attached hydrogen (secondary N) is 4. The maximum absolute atomic E-state index is 14.6. The van der Waals surface area contributed by atoms with Crippen molar-refractivity contribution in [3.8, 4) is 0 Å². The molecule has 0 aliphatic carbocycles. The molecule has 1 aromatic heterocycles. The molecule has 3 aromatic carbocycles. The smallest absolute Gasteiger partial charge is 0.255 e. The van der Waals surface area contributed by atoms with Crippen LogP contribution >= 0.6 is 11.6 Å². The molecule has 0 radical (unpaired) electrons. The zero-order valence-electron chi connectivity index (χ0n) is 25.4. The van der Waals surface area contributed by atoms with Gasteiger partial charge in [-0.1, -0.05) is 23.7 Å². The van der Waals surface area contributed by atoms with Gasteiger partial charge in [0.25, 0.3) is 11.8 Å². The minimum absolute atomic E-state index is 0.0588. The van der Waals surface area contributed by atoms with Crippen LogP contribution < -0.4 is 21.3 Å². The van der Waals surface area contributed by atoms with Gasteiger partial charge in [0, 0.05) is 39.6 Å². The molecule has 1 saturated heterocycles. The van der Waals surface area contributed by atoms with Gasteiger partial charge in [-0.05, 0) is 101 Å². The second-order valence-electron chi connectivity index (χ2n) is 12.2. The molecule has 2 heterocycles. The Kier molecular flexibility index (Phi) is 9.06. The SMILES string of the molecule is CC1(C)CC(NC(=O)c2ccc(Nc3ncc(F)c(Nc4ccc(C(=O)Nc5ccccc5Cl)cc4)n3)cc2)CC(C)(C)N1O. The van der Waals surface area contributed by atoms with Crippen LogP contribution in [0.15, 0.2) is 79.0 Å². The van der Waals surface area contributed by atoms with Gasteiger partial charge in [0.15, 0.2) is 11.6 Å². The Morgan fingerprint density at radius 2 is 1.42 bits per heavy atom. The van der Waals surface area contributed by atoms with E-state index in [1.807, 2.05) is 27.7 Å². The molecule has 10 nitrogen and oxygen atoms in total. The molecule has 45 heavy (non-hydrogen) atoms. The van der Waals surface area contributed by atoms with Crippen molar-refractivity contribution in [2.75, 3.05) is 16.0 Å². The summed E-state index contributed by atoms with van der Waals surface area (Å²) in [7, 11) is 0. The zero-order valence-corrected chi connectivity index (χ0v) is 26.1. The lowest BCUT2D eigenvalue weighted by atomic mass is 9.79. The third-order valence-corrected chi connectivity index (χ3v) is 7.98. The van der Waals surface area contributed by atoms with E-state index in [-0.39, 0.29) is 29.6 Å². The summed E-state index contributed by atoms with van der Waals surface area (Å²) < 4.78 is 14.6. The lowest BCUT2D eigenvalue weighted by Gasteiger charge is -2.51. The standard InChI is InChI=1S/C33H35ClFN7O3/c1-32(2)17-24(18-33(3,4)42(32)45)38-29(43)20-11-15-23(16-12-20)39-31-36-19-26(35)28(41-31)37-22-13-9-21(10-14-22)30(44)40-27-8-6-5-7-25(27)34/h5-16,19,24,45H,17-18H2,1-4H3,(H,38,43)(H,40,44)(H2,36,37,39,41). The Morgan fingerprint density at radius 3 is 2.02 bits per heavy atom. The molecule has 4 aromatic rings. The fraction of sp³-hybridized carbons (Fsp3) is 0.273. The Labute approximate surface area is 266 Å². The van der Waals surface area contributed by atoms with Crippen molar-refractivity contribution in [3.05, 3.63) is 101 Å². The number of nitrogens with zero attached hydrogens (tertiary/aromatic N) is 3. The van der Waals surface area contributed by atoms with E-state index < -0.39 is 16.9 Å². The number of piperidine rings is 1. The van der Waals surface area contributed by atoms with Gasteiger partial charge in [-0.3, -0.25) is 9.59 Å². The number of carbonyl (C=O) groups is 2. The Bertz CT molecular complexity index is 1680. The normalized spacial score (nSPS) is 16.1. The fourth-order valence-electron chi connectivity index (χ4n) is 5.59. The average Bonchev–Trinajstić information content (AvgIpc) is 2.99. The molecule has 1 aliphatic rings. The minimum atomic E-state index is -0.661. The van der Waals surface area contributed by atoms with Gasteiger partial charge in [0.2, 0.25) is 5.95 Å². The van der Waals surface area contributed by atoms with E-state index in [2.05, 4.69) is 31.2 Å². The summed E-state index contributed by atoms with van der Waals surface area (Å²) in [5, 5.41) is 24.1. The van der Waals surface area contributed by atoms with Crippen LogP contribution in [-0.4, -0.2) is 49.2 Å². The van der Waals surface area contributed by atoms with E-state index in [1.165, 1.54) is 5.06 Å². The van der Waals surface area contributed by atoms with E-state index in [4.69, 9.17) is 11.6 Å². The van der Waals surface area contributed by atoms with E-state index >= 15 is 0 Å². The first kappa shape index (κ1) is 31.8. The number of benzene rings is 3. The highest BCUT2D eigenvalue weighted by Gasteiger charge is 2.45.